The van der Waals surface area contributed by atoms with Crippen LogP contribution in [0.15, 0.2) is 18.3 Å². The van der Waals surface area contributed by atoms with Crippen molar-refractivity contribution in [2.75, 3.05) is 6.54 Å². The molecule has 0 amide bonds. The van der Waals surface area contributed by atoms with Gasteiger partial charge in [-0.15, -0.1) is 12.4 Å². The lowest BCUT2D eigenvalue weighted by molar-refractivity contribution is 0.0996. The molecular formula is C7H8ClFN2O. The Morgan fingerprint density at radius 1 is 1.67 bits per heavy atom. The smallest absolute Gasteiger partial charge is 0.223 e. The number of Topliss-reactive ketones (excluding diaryl/α,β-unsaturated/α-hetero) is 1. The van der Waals surface area contributed by atoms with Crippen molar-refractivity contribution in [3.05, 3.63) is 29.8 Å². The molecule has 5 heteroatoms. The van der Waals surface area contributed by atoms with Crippen LogP contribution in [0.1, 0.15) is 10.4 Å². The van der Waals surface area contributed by atoms with Crippen molar-refractivity contribution in [3.63, 3.8) is 0 Å². The van der Waals surface area contributed by atoms with Gasteiger partial charge in [-0.1, -0.05) is 0 Å². The second kappa shape index (κ2) is 4.79. The molecule has 2 N–H and O–H groups in total. The summed E-state index contributed by atoms with van der Waals surface area (Å²) in [4.78, 5) is 14.1. The number of hydrogen-bond acceptors (Lipinski definition) is 3. The third-order valence-electron chi connectivity index (χ3n) is 1.24. The van der Waals surface area contributed by atoms with Gasteiger partial charge in [-0.25, -0.2) is 4.98 Å². The first-order valence-corrected chi connectivity index (χ1v) is 3.09. The van der Waals surface area contributed by atoms with Crippen molar-refractivity contribution in [2.45, 2.75) is 0 Å². The third kappa shape index (κ3) is 2.25. The van der Waals surface area contributed by atoms with Crippen LogP contribution in [0.3, 0.4) is 0 Å². The van der Waals surface area contributed by atoms with Crippen LogP contribution in [0, 0.1) is 5.95 Å². The molecule has 0 saturated carbocycles. The van der Waals surface area contributed by atoms with Crippen molar-refractivity contribution >= 4 is 18.2 Å². The number of carbonyl (C=O) groups excluding carboxylic acids is 1. The Balaban J connectivity index is 0.00000121. The fourth-order valence-corrected chi connectivity index (χ4v) is 0.704. The lowest BCUT2D eigenvalue weighted by atomic mass is 10.2. The molecule has 0 aliphatic heterocycles. The van der Waals surface area contributed by atoms with Crippen LogP contribution in [-0.2, 0) is 0 Å². The molecule has 0 spiro atoms. The molecule has 0 radical (unpaired) electrons. The number of nitrogens with zero attached hydrogens (tertiary/aromatic N) is 1. The molecular weight excluding hydrogens is 183 g/mol. The van der Waals surface area contributed by atoms with Gasteiger partial charge in [0.25, 0.3) is 0 Å². The van der Waals surface area contributed by atoms with E-state index in [-0.39, 0.29) is 24.5 Å². The zero-order chi connectivity index (χ0) is 8.27. The molecule has 3 nitrogen and oxygen atoms in total. The minimum Gasteiger partial charge on any atom is -0.324 e. The maximum atomic E-state index is 12.6. The van der Waals surface area contributed by atoms with E-state index < -0.39 is 11.7 Å². The quantitative estimate of drug-likeness (QED) is 0.554. The molecule has 0 atom stereocenters. The van der Waals surface area contributed by atoms with E-state index in [1.807, 2.05) is 0 Å². The number of carbonyl (C=O) groups is 1. The summed E-state index contributed by atoms with van der Waals surface area (Å²) in [5.74, 6) is -1.20. The van der Waals surface area contributed by atoms with Gasteiger partial charge in [0.1, 0.15) is 0 Å². The molecule has 0 aliphatic carbocycles. The Hall–Kier alpha value is -1.00. The van der Waals surface area contributed by atoms with E-state index in [4.69, 9.17) is 5.73 Å². The lowest BCUT2D eigenvalue weighted by Gasteiger charge is -1.96. The number of pyridine rings is 1. The van der Waals surface area contributed by atoms with E-state index in [0.29, 0.717) is 0 Å². The van der Waals surface area contributed by atoms with Gasteiger partial charge in [0.05, 0.1) is 12.1 Å². The normalized spacial score (nSPS) is 8.83. The van der Waals surface area contributed by atoms with Crippen molar-refractivity contribution in [1.29, 1.82) is 0 Å². The van der Waals surface area contributed by atoms with Crippen LogP contribution in [0.2, 0.25) is 0 Å². The van der Waals surface area contributed by atoms with E-state index in [9.17, 15) is 9.18 Å². The van der Waals surface area contributed by atoms with Gasteiger partial charge in [-0.2, -0.15) is 4.39 Å². The van der Waals surface area contributed by atoms with E-state index >= 15 is 0 Å². The predicted octanol–water partition coefficient (Wildman–Crippen LogP) is 0.784. The van der Waals surface area contributed by atoms with Crippen molar-refractivity contribution in [2.24, 2.45) is 5.73 Å². The summed E-state index contributed by atoms with van der Waals surface area (Å²) in [6.45, 7) is -0.192. The Morgan fingerprint density at radius 3 is 2.83 bits per heavy atom. The molecule has 66 valence electrons. The number of aromatic nitrogens is 1. The van der Waals surface area contributed by atoms with Crippen LogP contribution in [-0.4, -0.2) is 17.3 Å². The molecule has 0 unspecified atom stereocenters. The van der Waals surface area contributed by atoms with Crippen molar-refractivity contribution in [1.82, 2.24) is 4.98 Å². The fraction of sp³-hybridized carbons (Fsp3) is 0.143. The van der Waals surface area contributed by atoms with E-state index in [0.717, 1.165) is 0 Å². The summed E-state index contributed by atoms with van der Waals surface area (Å²) in [5.41, 5.74) is 4.98. The Bertz CT molecular complexity index is 280. The number of hydrogen-bond donors (Lipinski definition) is 1. The summed E-state index contributed by atoms with van der Waals surface area (Å²) in [5, 5.41) is 0. The van der Waals surface area contributed by atoms with Crippen LogP contribution >= 0.6 is 12.4 Å². The minimum absolute atomic E-state index is 0. The standard InChI is InChI=1S/C7H7FN2O.ClH/c8-7-5(6(11)4-9)2-1-3-10-7;/h1-3H,4,9H2;1H. The molecule has 0 bridgehead atoms. The van der Waals surface area contributed by atoms with Gasteiger partial charge >= 0.3 is 0 Å². The first-order chi connectivity index (χ1) is 5.25. The Morgan fingerprint density at radius 2 is 2.33 bits per heavy atom. The maximum absolute atomic E-state index is 12.6. The predicted molar refractivity (Wildman–Crippen MR) is 44.8 cm³/mol. The van der Waals surface area contributed by atoms with Gasteiger partial charge in [-0.05, 0) is 12.1 Å². The topological polar surface area (TPSA) is 56.0 Å². The second-order valence-corrected chi connectivity index (χ2v) is 1.97. The van der Waals surface area contributed by atoms with Gasteiger partial charge in [0.2, 0.25) is 5.95 Å². The van der Waals surface area contributed by atoms with Gasteiger partial charge < -0.3 is 5.73 Å². The minimum atomic E-state index is -0.761. The molecule has 0 aliphatic rings. The summed E-state index contributed by atoms with van der Waals surface area (Å²) < 4.78 is 12.6. The second-order valence-electron chi connectivity index (χ2n) is 1.97. The molecule has 1 aromatic heterocycles. The third-order valence-corrected chi connectivity index (χ3v) is 1.24. The fourth-order valence-electron chi connectivity index (χ4n) is 0.704. The monoisotopic (exact) mass is 190 g/mol. The maximum Gasteiger partial charge on any atom is 0.223 e. The molecule has 1 aromatic rings. The van der Waals surface area contributed by atoms with Gasteiger partial charge in [0.15, 0.2) is 5.78 Å². The van der Waals surface area contributed by atoms with Crippen molar-refractivity contribution < 1.29 is 9.18 Å². The highest BCUT2D eigenvalue weighted by atomic mass is 35.5. The highest BCUT2D eigenvalue weighted by Crippen LogP contribution is 2.02. The average molecular weight is 191 g/mol. The summed E-state index contributed by atoms with van der Waals surface area (Å²) in [7, 11) is 0. The first kappa shape index (κ1) is 11.0. The summed E-state index contributed by atoms with van der Waals surface area (Å²) in [6, 6.07) is 2.85. The van der Waals surface area contributed by atoms with E-state index in [2.05, 4.69) is 4.98 Å². The Labute approximate surface area is 75.2 Å². The van der Waals surface area contributed by atoms with Gasteiger partial charge in [-0.3, -0.25) is 4.79 Å². The highest BCUT2D eigenvalue weighted by Gasteiger charge is 2.08. The number of halogens is 2. The Kier molecular flexibility index (Phi) is 4.39. The zero-order valence-electron chi connectivity index (χ0n) is 6.16. The largest absolute Gasteiger partial charge is 0.324 e. The van der Waals surface area contributed by atoms with Crippen LogP contribution in [0.25, 0.3) is 0 Å². The zero-order valence-corrected chi connectivity index (χ0v) is 6.97. The number of rotatable bonds is 2. The molecule has 1 heterocycles. The van der Waals surface area contributed by atoms with Crippen LogP contribution < -0.4 is 5.73 Å². The summed E-state index contributed by atoms with van der Waals surface area (Å²) >= 11 is 0. The average Bonchev–Trinajstić information content (AvgIpc) is 2.04. The van der Waals surface area contributed by atoms with E-state index in [1.54, 1.807) is 0 Å². The molecule has 0 fully saturated rings. The van der Waals surface area contributed by atoms with Crippen molar-refractivity contribution in [3.8, 4) is 0 Å². The molecule has 0 aromatic carbocycles. The van der Waals surface area contributed by atoms with Crippen LogP contribution in [0.4, 0.5) is 4.39 Å². The number of ketones is 1. The number of nitrogens with two attached hydrogens (primary N) is 1. The van der Waals surface area contributed by atoms with E-state index in [1.165, 1.54) is 18.3 Å². The lowest BCUT2D eigenvalue weighted by Crippen LogP contribution is -2.15. The van der Waals surface area contributed by atoms with Gasteiger partial charge in [0, 0.05) is 6.20 Å². The molecule has 1 rings (SSSR count). The summed E-state index contributed by atoms with van der Waals surface area (Å²) in [6.07, 6.45) is 1.28. The van der Waals surface area contributed by atoms with Crippen LogP contribution in [0.5, 0.6) is 0 Å². The molecule has 0 saturated heterocycles. The first-order valence-electron chi connectivity index (χ1n) is 3.09. The highest BCUT2D eigenvalue weighted by molar-refractivity contribution is 5.97. The molecule has 12 heavy (non-hydrogen) atoms. The SMILES string of the molecule is Cl.NCC(=O)c1cccnc1F.